The summed E-state index contributed by atoms with van der Waals surface area (Å²) in [5.41, 5.74) is 4.86. The van der Waals surface area contributed by atoms with Crippen molar-refractivity contribution >= 4 is 39.2 Å². The van der Waals surface area contributed by atoms with E-state index < -0.39 is 26.5 Å². The van der Waals surface area contributed by atoms with Crippen molar-refractivity contribution in [3.8, 4) is 0 Å². The van der Waals surface area contributed by atoms with Gasteiger partial charge in [0.25, 0.3) is 0 Å². The summed E-state index contributed by atoms with van der Waals surface area (Å²) in [7, 11) is 2.77. The number of nitro benzene ring substituents is 2. The highest BCUT2D eigenvalue weighted by Gasteiger charge is 2.31. The molecule has 0 fully saturated rings. The minimum Gasteiger partial charge on any atom is -0.329 e. The Hall–Kier alpha value is -1.65. The molecule has 1 aromatic rings. The van der Waals surface area contributed by atoms with Gasteiger partial charge in [-0.15, -0.1) is 0 Å². The van der Waals surface area contributed by atoms with Gasteiger partial charge in [0.2, 0.25) is 0 Å². The fourth-order valence-electron chi connectivity index (χ4n) is 1.73. The number of hydrogen-bond acceptors (Lipinski definition) is 8. The number of carbonyl (C=O) groups is 1. The van der Waals surface area contributed by atoms with Crippen molar-refractivity contribution in [3.05, 3.63) is 44.0 Å². The summed E-state index contributed by atoms with van der Waals surface area (Å²) in [5, 5.41) is 21.7. The van der Waals surface area contributed by atoms with E-state index in [4.69, 9.17) is 5.73 Å². The molecule has 1 rings (SSSR count). The monoisotopic (exact) mass is 345 g/mol. The van der Waals surface area contributed by atoms with E-state index in [2.05, 4.69) is 0 Å². The first-order chi connectivity index (χ1) is 10.5. The Labute approximate surface area is 134 Å². The van der Waals surface area contributed by atoms with E-state index in [1.165, 1.54) is 33.7 Å². The van der Waals surface area contributed by atoms with E-state index in [1.807, 2.05) is 0 Å². The Bertz CT molecular complexity index is 556. The van der Waals surface area contributed by atoms with Crippen molar-refractivity contribution in [1.29, 1.82) is 0 Å². The highest BCUT2D eigenvalue weighted by Crippen LogP contribution is 2.43. The fraction of sp³-hybridized carbons (Fsp3) is 0.417. The molecule has 10 heteroatoms. The number of hydrogen-bond donors (Lipinski definition) is 1. The van der Waals surface area contributed by atoms with Gasteiger partial charge < -0.3 is 10.5 Å². The molecule has 22 heavy (non-hydrogen) atoms. The van der Waals surface area contributed by atoms with Crippen molar-refractivity contribution < 1.29 is 14.6 Å². The van der Waals surface area contributed by atoms with Gasteiger partial charge in [0.1, 0.15) is 6.29 Å². The predicted octanol–water partition coefficient (Wildman–Crippen LogP) is 2.86. The van der Waals surface area contributed by atoms with E-state index in [0.717, 1.165) is 12.4 Å². The van der Waals surface area contributed by atoms with Crippen LogP contribution < -0.4 is 5.73 Å². The molecule has 0 heterocycles. The van der Waals surface area contributed by atoms with Crippen molar-refractivity contribution in [2.75, 3.05) is 12.3 Å². The number of para-hydroxylation sites is 1. The molecule has 2 N–H and O–H groups in total. The van der Waals surface area contributed by atoms with Crippen LogP contribution in [0, 0.1) is 20.2 Å². The van der Waals surface area contributed by atoms with Crippen molar-refractivity contribution in [2.45, 2.75) is 18.1 Å². The van der Waals surface area contributed by atoms with Gasteiger partial charge in [0.05, 0.1) is 20.7 Å². The summed E-state index contributed by atoms with van der Waals surface area (Å²) >= 11 is 0. The summed E-state index contributed by atoms with van der Waals surface area (Å²) in [4.78, 5) is 30.9. The van der Waals surface area contributed by atoms with E-state index >= 15 is 0 Å². The minimum atomic E-state index is -0.767. The van der Waals surface area contributed by atoms with Crippen LogP contribution in [0.15, 0.2) is 18.2 Å². The summed E-state index contributed by atoms with van der Waals surface area (Å²) in [6.45, 7) is 0.118. The van der Waals surface area contributed by atoms with E-state index in [-0.39, 0.29) is 12.1 Å². The van der Waals surface area contributed by atoms with E-state index in [1.54, 1.807) is 0 Å². The van der Waals surface area contributed by atoms with Gasteiger partial charge in [0, 0.05) is 24.8 Å². The second kappa shape index (κ2) is 9.38. The summed E-state index contributed by atoms with van der Waals surface area (Å²) in [6, 6.07) is 4.01. The molecule has 0 bridgehead atoms. The number of carbonyl (C=O) groups excluding carboxylic acids is 1. The molecular weight excluding hydrogens is 330 g/mol. The molecule has 120 valence electrons. The number of nitrogens with zero attached hydrogens (tertiary/aromatic N) is 2. The highest BCUT2D eigenvalue weighted by molar-refractivity contribution is 8.76. The molecular formula is C12H15N3O5S2. The molecule has 1 unspecified atom stereocenters. The maximum absolute atomic E-state index is 11.2. The molecule has 0 aliphatic heterocycles. The van der Waals surface area contributed by atoms with Crippen molar-refractivity contribution in [3.63, 3.8) is 0 Å². The number of rotatable bonds is 10. The number of unbranched alkanes of at least 4 members (excludes halogenated alkanes) is 1. The molecule has 8 nitrogen and oxygen atoms in total. The largest absolute Gasteiger partial charge is 0.350 e. The van der Waals surface area contributed by atoms with Crippen LogP contribution in [-0.4, -0.2) is 28.4 Å². The van der Waals surface area contributed by atoms with Crippen LogP contribution in [0.3, 0.4) is 0 Å². The van der Waals surface area contributed by atoms with Crippen molar-refractivity contribution in [2.24, 2.45) is 5.73 Å². The Balaban J connectivity index is 2.96. The summed E-state index contributed by atoms with van der Waals surface area (Å²) in [5.74, 6) is 0.697. The van der Waals surface area contributed by atoms with Crippen LogP contribution in [0.5, 0.6) is 0 Å². The average molecular weight is 345 g/mol. The molecule has 0 amide bonds. The number of benzene rings is 1. The predicted molar refractivity (Wildman–Crippen MR) is 86.9 cm³/mol. The van der Waals surface area contributed by atoms with Crippen LogP contribution in [0.2, 0.25) is 0 Å². The lowest BCUT2D eigenvalue weighted by Crippen LogP contribution is -2.11. The van der Waals surface area contributed by atoms with Gasteiger partial charge in [-0.1, -0.05) is 33.7 Å². The zero-order valence-electron chi connectivity index (χ0n) is 11.5. The highest BCUT2D eigenvalue weighted by atomic mass is 33.1. The lowest BCUT2D eigenvalue weighted by Gasteiger charge is -2.14. The van der Waals surface area contributed by atoms with Gasteiger partial charge in [-0.25, -0.2) is 0 Å². The molecule has 1 atom stereocenters. The first-order valence-electron chi connectivity index (χ1n) is 6.36. The SMILES string of the molecule is NCC(SSCCCC=O)c1cccc([N+](=O)[O-])c1[N+](=O)[O-]. The normalized spacial score (nSPS) is 11.9. The van der Waals surface area contributed by atoms with E-state index in [9.17, 15) is 25.0 Å². The number of aldehydes is 1. The lowest BCUT2D eigenvalue weighted by molar-refractivity contribution is -0.423. The average Bonchev–Trinajstić information content (AvgIpc) is 2.50. The molecule has 0 aromatic heterocycles. The Morgan fingerprint density at radius 1 is 1.27 bits per heavy atom. The maximum Gasteiger partial charge on any atom is 0.350 e. The third kappa shape index (κ3) is 4.97. The third-order valence-electron chi connectivity index (χ3n) is 2.72. The van der Waals surface area contributed by atoms with Crippen LogP contribution >= 0.6 is 21.6 Å². The van der Waals surface area contributed by atoms with Crippen LogP contribution in [-0.2, 0) is 4.79 Å². The molecule has 1 aromatic carbocycles. The van der Waals surface area contributed by atoms with Gasteiger partial charge >= 0.3 is 11.4 Å². The second-order valence-electron chi connectivity index (χ2n) is 4.18. The molecule has 0 spiro atoms. The first-order valence-corrected chi connectivity index (χ1v) is 8.74. The molecule has 0 aliphatic carbocycles. The number of nitro groups is 2. The minimum absolute atomic E-state index is 0.118. The number of nitrogens with two attached hydrogens (primary N) is 1. The quantitative estimate of drug-likeness (QED) is 0.225. The van der Waals surface area contributed by atoms with Crippen LogP contribution in [0.4, 0.5) is 11.4 Å². The smallest absolute Gasteiger partial charge is 0.329 e. The second-order valence-corrected chi connectivity index (χ2v) is 6.87. The van der Waals surface area contributed by atoms with Crippen LogP contribution in [0.25, 0.3) is 0 Å². The lowest BCUT2D eigenvalue weighted by atomic mass is 10.1. The molecule has 0 aliphatic rings. The zero-order chi connectivity index (χ0) is 16.5. The van der Waals surface area contributed by atoms with Gasteiger partial charge in [-0.3, -0.25) is 20.2 Å². The van der Waals surface area contributed by atoms with Gasteiger partial charge in [-0.2, -0.15) is 0 Å². The van der Waals surface area contributed by atoms with Crippen molar-refractivity contribution in [1.82, 2.24) is 0 Å². The molecule has 0 saturated heterocycles. The maximum atomic E-state index is 11.2. The van der Waals surface area contributed by atoms with Crippen LogP contribution in [0.1, 0.15) is 23.7 Å². The first kappa shape index (κ1) is 18.4. The Kier molecular flexibility index (Phi) is 7.85. The Morgan fingerprint density at radius 3 is 2.55 bits per heavy atom. The molecule has 0 radical (unpaired) electrons. The van der Waals surface area contributed by atoms with E-state index in [0.29, 0.717) is 18.6 Å². The topological polar surface area (TPSA) is 129 Å². The van der Waals surface area contributed by atoms with Gasteiger partial charge in [-0.05, 0) is 6.42 Å². The summed E-state index contributed by atoms with van der Waals surface area (Å²) in [6.07, 6.45) is 1.99. The zero-order valence-corrected chi connectivity index (χ0v) is 13.2. The third-order valence-corrected chi connectivity index (χ3v) is 5.60. The fourth-order valence-corrected chi connectivity index (χ4v) is 4.33. The molecule has 0 saturated carbocycles. The summed E-state index contributed by atoms with van der Waals surface area (Å²) < 4.78 is 0. The Morgan fingerprint density at radius 2 is 2.00 bits per heavy atom. The van der Waals surface area contributed by atoms with Gasteiger partial charge in [0.15, 0.2) is 0 Å². The standard InChI is InChI=1S/C12H15N3O5S2/c13-8-11(22-21-7-2-1-6-16)9-4-3-5-10(14(17)18)12(9)15(19)20/h3-6,11H,1-2,7-8,13H2.